The van der Waals surface area contributed by atoms with Gasteiger partial charge in [0.2, 0.25) is 10.0 Å². The van der Waals surface area contributed by atoms with Crippen molar-refractivity contribution in [2.45, 2.75) is 23.5 Å². The molecule has 32 heavy (non-hydrogen) atoms. The number of carbonyl (C=O) groups is 1. The Balaban J connectivity index is 1.82. The second kappa shape index (κ2) is 9.02. The maximum Gasteiger partial charge on any atom is 0.307 e. The number of ether oxygens (including phenoxy) is 2. The summed E-state index contributed by atoms with van der Waals surface area (Å²) in [7, 11) is -1.07. The standard InChI is InChI=1S/C24H24N2O5S/c1-30-18-14-12-17(13-15-18)25-24-21-11-7-6-10-20(21)22(16-23(27)31-2)26(24)32(28,29)19-8-4-3-5-9-19/h3-15,22,24-25H,16H2,1-2H3/t22-,24-/m0/s1. The van der Waals surface area contributed by atoms with Crippen molar-refractivity contribution in [3.05, 3.63) is 90.0 Å². The predicted octanol–water partition coefficient (Wildman–Crippen LogP) is 4.11. The smallest absolute Gasteiger partial charge is 0.307 e. The predicted molar refractivity (Wildman–Crippen MR) is 121 cm³/mol. The summed E-state index contributed by atoms with van der Waals surface area (Å²) in [6.07, 6.45) is -0.806. The summed E-state index contributed by atoms with van der Waals surface area (Å²) in [4.78, 5) is 12.4. The van der Waals surface area contributed by atoms with Crippen molar-refractivity contribution in [2.24, 2.45) is 0 Å². The average Bonchev–Trinajstić information content (AvgIpc) is 3.13. The van der Waals surface area contributed by atoms with Crippen LogP contribution in [0.3, 0.4) is 0 Å². The number of benzene rings is 3. The van der Waals surface area contributed by atoms with Gasteiger partial charge in [0.05, 0.1) is 31.6 Å². The van der Waals surface area contributed by atoms with Gasteiger partial charge in [-0.25, -0.2) is 8.42 Å². The van der Waals surface area contributed by atoms with Crippen LogP contribution in [0.1, 0.15) is 29.8 Å². The first kappa shape index (κ1) is 21.9. The lowest BCUT2D eigenvalue weighted by molar-refractivity contribution is -0.141. The molecule has 0 saturated carbocycles. The van der Waals surface area contributed by atoms with Crippen molar-refractivity contribution in [3.8, 4) is 5.75 Å². The first-order valence-corrected chi connectivity index (χ1v) is 11.5. The number of hydrogen-bond donors (Lipinski definition) is 1. The van der Waals surface area contributed by atoms with Crippen LogP contribution in [0.15, 0.2) is 83.8 Å². The van der Waals surface area contributed by atoms with E-state index in [1.54, 1.807) is 49.6 Å². The second-order valence-corrected chi connectivity index (χ2v) is 9.19. The maximum absolute atomic E-state index is 13.8. The number of carbonyl (C=O) groups excluding carboxylic acids is 1. The molecule has 0 amide bonds. The number of fused-ring (bicyclic) bond motifs is 1. The minimum Gasteiger partial charge on any atom is -0.497 e. The fourth-order valence-corrected chi connectivity index (χ4v) is 5.68. The fourth-order valence-electron chi connectivity index (χ4n) is 3.97. The molecular formula is C24H24N2O5S. The first-order valence-electron chi connectivity index (χ1n) is 10.1. The minimum absolute atomic E-state index is 0.0969. The molecule has 0 saturated heterocycles. The van der Waals surface area contributed by atoms with E-state index in [0.29, 0.717) is 5.75 Å². The summed E-state index contributed by atoms with van der Waals surface area (Å²) >= 11 is 0. The monoisotopic (exact) mass is 452 g/mol. The van der Waals surface area contributed by atoms with Crippen LogP contribution in [0.4, 0.5) is 5.69 Å². The molecule has 166 valence electrons. The number of nitrogens with zero attached hydrogens (tertiary/aromatic N) is 1. The van der Waals surface area contributed by atoms with Crippen LogP contribution in [0.2, 0.25) is 0 Å². The molecule has 0 fully saturated rings. The van der Waals surface area contributed by atoms with Gasteiger partial charge in [-0.15, -0.1) is 0 Å². The van der Waals surface area contributed by atoms with E-state index >= 15 is 0 Å². The highest BCUT2D eigenvalue weighted by atomic mass is 32.2. The molecular weight excluding hydrogens is 428 g/mol. The van der Waals surface area contributed by atoms with Crippen molar-refractivity contribution in [2.75, 3.05) is 19.5 Å². The van der Waals surface area contributed by atoms with Gasteiger partial charge in [0, 0.05) is 5.69 Å². The Bertz CT molecular complexity index is 1200. The van der Waals surface area contributed by atoms with Crippen molar-refractivity contribution in [3.63, 3.8) is 0 Å². The quantitative estimate of drug-likeness (QED) is 0.543. The van der Waals surface area contributed by atoms with E-state index in [1.165, 1.54) is 11.4 Å². The normalized spacial score (nSPS) is 18.1. The van der Waals surface area contributed by atoms with E-state index in [-0.39, 0.29) is 11.3 Å². The van der Waals surface area contributed by atoms with Gasteiger partial charge in [-0.3, -0.25) is 4.79 Å². The molecule has 0 bridgehead atoms. The molecule has 1 aliphatic heterocycles. The second-order valence-electron chi connectivity index (χ2n) is 7.35. The molecule has 0 unspecified atom stereocenters. The van der Waals surface area contributed by atoms with Gasteiger partial charge >= 0.3 is 5.97 Å². The minimum atomic E-state index is -3.95. The number of sulfonamides is 1. The van der Waals surface area contributed by atoms with Crippen LogP contribution in [-0.2, 0) is 19.6 Å². The topological polar surface area (TPSA) is 84.9 Å². The Morgan fingerprint density at radius 3 is 2.16 bits per heavy atom. The molecule has 0 aromatic heterocycles. The Kier molecular flexibility index (Phi) is 6.16. The number of esters is 1. The van der Waals surface area contributed by atoms with E-state index in [9.17, 15) is 13.2 Å². The molecule has 1 N–H and O–H groups in total. The molecule has 3 aromatic rings. The van der Waals surface area contributed by atoms with Crippen LogP contribution in [0.5, 0.6) is 5.75 Å². The molecule has 8 heteroatoms. The van der Waals surface area contributed by atoms with Crippen LogP contribution in [0.25, 0.3) is 0 Å². The van der Waals surface area contributed by atoms with Gasteiger partial charge in [-0.2, -0.15) is 4.31 Å². The Hall–Kier alpha value is -3.36. The lowest BCUT2D eigenvalue weighted by Gasteiger charge is -2.30. The average molecular weight is 453 g/mol. The van der Waals surface area contributed by atoms with Crippen LogP contribution >= 0.6 is 0 Å². The first-order chi connectivity index (χ1) is 15.5. The van der Waals surface area contributed by atoms with Crippen molar-refractivity contribution >= 4 is 21.7 Å². The molecule has 0 spiro atoms. The van der Waals surface area contributed by atoms with Crippen LogP contribution in [-0.4, -0.2) is 32.9 Å². The Morgan fingerprint density at radius 1 is 0.906 bits per heavy atom. The van der Waals surface area contributed by atoms with Crippen molar-refractivity contribution < 1.29 is 22.7 Å². The lowest BCUT2D eigenvalue weighted by atomic mass is 10.0. The highest BCUT2D eigenvalue weighted by Crippen LogP contribution is 2.47. The van der Waals surface area contributed by atoms with E-state index < -0.39 is 28.2 Å². The summed E-state index contributed by atoms with van der Waals surface area (Å²) < 4.78 is 39.1. The highest BCUT2D eigenvalue weighted by molar-refractivity contribution is 7.89. The molecule has 4 rings (SSSR count). The largest absolute Gasteiger partial charge is 0.497 e. The zero-order chi connectivity index (χ0) is 22.7. The third-order valence-corrected chi connectivity index (χ3v) is 7.40. The lowest BCUT2D eigenvalue weighted by Crippen LogP contribution is -2.37. The van der Waals surface area contributed by atoms with Crippen molar-refractivity contribution in [1.29, 1.82) is 0 Å². The summed E-state index contributed by atoms with van der Waals surface area (Å²) in [6.45, 7) is 0. The Labute approximate surface area is 187 Å². The van der Waals surface area contributed by atoms with Crippen LogP contribution in [0, 0.1) is 0 Å². The fraction of sp³-hybridized carbons (Fsp3) is 0.208. The van der Waals surface area contributed by atoms with Gasteiger partial charge in [-0.05, 0) is 47.5 Å². The molecule has 7 nitrogen and oxygen atoms in total. The summed E-state index contributed by atoms with van der Waals surface area (Å²) in [5, 5.41) is 3.33. The van der Waals surface area contributed by atoms with Gasteiger partial charge in [0.15, 0.2) is 0 Å². The SMILES string of the molecule is COC(=O)C[C@H]1c2ccccc2[C@@H](Nc2ccc(OC)cc2)N1S(=O)(=O)c1ccccc1. The third-order valence-electron chi connectivity index (χ3n) is 5.51. The number of rotatable bonds is 7. The van der Waals surface area contributed by atoms with Crippen LogP contribution < -0.4 is 10.1 Å². The Morgan fingerprint density at radius 2 is 1.53 bits per heavy atom. The number of methoxy groups -OCH3 is 2. The molecule has 0 radical (unpaired) electrons. The molecule has 0 aliphatic carbocycles. The number of hydrogen-bond acceptors (Lipinski definition) is 6. The number of anilines is 1. The summed E-state index contributed by atoms with van der Waals surface area (Å²) in [5.41, 5.74) is 2.28. The van der Waals surface area contributed by atoms with Crippen molar-refractivity contribution in [1.82, 2.24) is 4.31 Å². The van der Waals surface area contributed by atoms with Gasteiger partial charge in [0.25, 0.3) is 0 Å². The number of nitrogens with one attached hydrogen (secondary N) is 1. The molecule has 1 heterocycles. The van der Waals surface area contributed by atoms with E-state index in [2.05, 4.69) is 5.32 Å². The highest BCUT2D eigenvalue weighted by Gasteiger charge is 2.46. The summed E-state index contributed by atoms with van der Waals surface area (Å²) in [6, 6.07) is 22.2. The summed E-state index contributed by atoms with van der Waals surface area (Å²) in [5.74, 6) is 0.211. The van der Waals surface area contributed by atoms with E-state index in [4.69, 9.17) is 9.47 Å². The molecule has 1 aliphatic rings. The van der Waals surface area contributed by atoms with Gasteiger partial charge < -0.3 is 14.8 Å². The zero-order valence-electron chi connectivity index (χ0n) is 17.8. The maximum atomic E-state index is 13.8. The molecule has 2 atom stereocenters. The van der Waals surface area contributed by atoms with Gasteiger partial charge in [-0.1, -0.05) is 42.5 Å². The van der Waals surface area contributed by atoms with E-state index in [1.807, 2.05) is 36.4 Å². The zero-order valence-corrected chi connectivity index (χ0v) is 18.6. The third kappa shape index (κ3) is 4.06. The van der Waals surface area contributed by atoms with Gasteiger partial charge in [0.1, 0.15) is 11.9 Å². The van der Waals surface area contributed by atoms with E-state index in [0.717, 1.165) is 16.8 Å². The molecule has 3 aromatic carbocycles.